The van der Waals surface area contributed by atoms with Gasteiger partial charge in [-0.2, -0.15) is 0 Å². The lowest BCUT2D eigenvalue weighted by molar-refractivity contribution is 0.254. The minimum absolute atomic E-state index is 0.130. The van der Waals surface area contributed by atoms with Gasteiger partial charge in [0, 0.05) is 12.3 Å². The number of amidine groups is 1. The normalized spacial score (nSPS) is 20.2. The Kier molecular flexibility index (Phi) is 3.67. The summed E-state index contributed by atoms with van der Waals surface area (Å²) < 4.78 is 0. The second kappa shape index (κ2) is 5.81. The van der Waals surface area contributed by atoms with Gasteiger partial charge in [0.05, 0.1) is 6.54 Å². The molecule has 1 saturated heterocycles. The highest BCUT2D eigenvalue weighted by molar-refractivity contribution is 8.13. The zero-order chi connectivity index (χ0) is 14.8. The first-order chi connectivity index (χ1) is 10.9. The van der Waals surface area contributed by atoms with Crippen LogP contribution in [0.5, 0.6) is 0 Å². The standard InChI is InChI=1S/C19H20N2S/c1-3-9-16(10-4-1)19(17-11-5-2-6-12-17)15-20-18-21(19)13-7-8-14-22-18/h1-6,9-12H,7-8,13-15H2. The summed E-state index contributed by atoms with van der Waals surface area (Å²) in [6.07, 6.45) is 2.52. The molecule has 2 aromatic rings. The van der Waals surface area contributed by atoms with E-state index >= 15 is 0 Å². The molecule has 0 aliphatic carbocycles. The van der Waals surface area contributed by atoms with Crippen molar-refractivity contribution in [1.82, 2.24) is 4.90 Å². The summed E-state index contributed by atoms with van der Waals surface area (Å²) in [5, 5.41) is 1.23. The number of nitrogens with zero attached hydrogens (tertiary/aromatic N) is 2. The van der Waals surface area contributed by atoms with Crippen LogP contribution in [-0.4, -0.2) is 28.9 Å². The molecule has 0 atom stereocenters. The fraction of sp³-hybridized carbons (Fsp3) is 0.316. The first-order valence-electron chi connectivity index (χ1n) is 7.97. The van der Waals surface area contributed by atoms with Crippen LogP contribution < -0.4 is 0 Å². The second-order valence-corrected chi connectivity index (χ2v) is 6.96. The monoisotopic (exact) mass is 308 g/mol. The molecule has 22 heavy (non-hydrogen) atoms. The van der Waals surface area contributed by atoms with Crippen LogP contribution in [0.3, 0.4) is 0 Å². The highest BCUT2D eigenvalue weighted by atomic mass is 32.2. The van der Waals surface area contributed by atoms with Crippen LogP contribution in [0.4, 0.5) is 0 Å². The average molecular weight is 308 g/mol. The van der Waals surface area contributed by atoms with Crippen LogP contribution in [-0.2, 0) is 5.54 Å². The van der Waals surface area contributed by atoms with E-state index in [0.29, 0.717) is 0 Å². The molecule has 1 fully saturated rings. The van der Waals surface area contributed by atoms with E-state index in [1.54, 1.807) is 0 Å². The molecule has 0 aromatic heterocycles. The fourth-order valence-corrected chi connectivity index (χ4v) is 4.64. The van der Waals surface area contributed by atoms with E-state index in [-0.39, 0.29) is 5.54 Å². The third-order valence-corrected chi connectivity index (χ3v) is 5.75. The van der Waals surface area contributed by atoms with Gasteiger partial charge in [-0.25, -0.2) is 0 Å². The van der Waals surface area contributed by atoms with Gasteiger partial charge in [0.1, 0.15) is 5.54 Å². The molecule has 2 nitrogen and oxygen atoms in total. The van der Waals surface area contributed by atoms with Crippen molar-refractivity contribution in [2.75, 3.05) is 18.8 Å². The average Bonchev–Trinajstić information content (AvgIpc) is 2.79. The van der Waals surface area contributed by atoms with Gasteiger partial charge in [-0.3, -0.25) is 4.99 Å². The minimum atomic E-state index is -0.130. The van der Waals surface area contributed by atoms with E-state index in [1.807, 2.05) is 11.8 Å². The molecule has 2 aromatic carbocycles. The van der Waals surface area contributed by atoms with Crippen molar-refractivity contribution in [2.45, 2.75) is 18.4 Å². The molecular formula is C19H20N2S. The summed E-state index contributed by atoms with van der Waals surface area (Å²) in [5.41, 5.74) is 2.57. The van der Waals surface area contributed by atoms with E-state index < -0.39 is 0 Å². The van der Waals surface area contributed by atoms with Gasteiger partial charge in [-0.15, -0.1) is 0 Å². The van der Waals surface area contributed by atoms with E-state index in [1.165, 1.54) is 34.9 Å². The smallest absolute Gasteiger partial charge is 0.160 e. The van der Waals surface area contributed by atoms with E-state index in [2.05, 4.69) is 65.6 Å². The maximum Gasteiger partial charge on any atom is 0.160 e. The lowest BCUT2D eigenvalue weighted by atomic mass is 9.82. The molecule has 0 unspecified atom stereocenters. The largest absolute Gasteiger partial charge is 0.336 e. The van der Waals surface area contributed by atoms with Gasteiger partial charge < -0.3 is 4.90 Å². The van der Waals surface area contributed by atoms with Gasteiger partial charge in [0.25, 0.3) is 0 Å². The highest BCUT2D eigenvalue weighted by Crippen LogP contribution is 2.43. The maximum absolute atomic E-state index is 4.93. The lowest BCUT2D eigenvalue weighted by Gasteiger charge is -2.40. The van der Waals surface area contributed by atoms with Crippen molar-refractivity contribution in [1.29, 1.82) is 0 Å². The predicted molar refractivity (Wildman–Crippen MR) is 94.4 cm³/mol. The summed E-state index contributed by atoms with van der Waals surface area (Å²) in [6.45, 7) is 1.92. The fourth-order valence-electron chi connectivity index (χ4n) is 3.55. The minimum Gasteiger partial charge on any atom is -0.336 e. The van der Waals surface area contributed by atoms with Crippen molar-refractivity contribution < 1.29 is 0 Å². The van der Waals surface area contributed by atoms with Crippen molar-refractivity contribution in [2.24, 2.45) is 4.99 Å². The first kappa shape index (κ1) is 13.9. The molecule has 112 valence electrons. The Morgan fingerprint density at radius 1 is 0.864 bits per heavy atom. The van der Waals surface area contributed by atoms with E-state index in [0.717, 1.165) is 13.1 Å². The number of aliphatic imine (C=N–C) groups is 1. The summed E-state index contributed by atoms with van der Waals surface area (Å²) in [6, 6.07) is 21.8. The van der Waals surface area contributed by atoms with Gasteiger partial charge >= 0.3 is 0 Å². The maximum atomic E-state index is 4.93. The molecule has 0 bridgehead atoms. The van der Waals surface area contributed by atoms with Crippen LogP contribution in [0.1, 0.15) is 24.0 Å². The number of benzene rings is 2. The Labute approximate surface area is 136 Å². The van der Waals surface area contributed by atoms with Crippen molar-refractivity contribution in [3.05, 3.63) is 71.8 Å². The zero-order valence-electron chi connectivity index (χ0n) is 12.6. The third kappa shape index (κ3) is 2.15. The number of thioether (sulfide) groups is 1. The van der Waals surface area contributed by atoms with Gasteiger partial charge in [0.2, 0.25) is 0 Å². The van der Waals surface area contributed by atoms with Gasteiger partial charge in [-0.1, -0.05) is 72.4 Å². The molecule has 4 rings (SSSR count). The van der Waals surface area contributed by atoms with Crippen molar-refractivity contribution in [3.8, 4) is 0 Å². The molecular weight excluding hydrogens is 288 g/mol. The Balaban J connectivity index is 1.87. The van der Waals surface area contributed by atoms with Gasteiger partial charge in [-0.05, 0) is 24.0 Å². The number of fused-ring (bicyclic) bond motifs is 1. The van der Waals surface area contributed by atoms with Crippen LogP contribution >= 0.6 is 11.8 Å². The number of rotatable bonds is 2. The molecule has 2 aliphatic rings. The molecule has 3 heteroatoms. The Morgan fingerprint density at radius 2 is 1.50 bits per heavy atom. The van der Waals surface area contributed by atoms with Crippen LogP contribution in [0.25, 0.3) is 0 Å². The summed E-state index contributed by atoms with van der Waals surface area (Å²) in [7, 11) is 0. The van der Waals surface area contributed by atoms with Crippen LogP contribution in [0, 0.1) is 0 Å². The molecule has 0 amide bonds. The molecule has 0 spiro atoms. The Bertz CT molecular complexity index is 627. The van der Waals surface area contributed by atoms with Crippen molar-refractivity contribution in [3.63, 3.8) is 0 Å². The molecule has 0 N–H and O–H groups in total. The lowest BCUT2D eigenvalue weighted by Crippen LogP contribution is -2.47. The summed E-state index contributed by atoms with van der Waals surface area (Å²) >= 11 is 1.92. The molecule has 2 aliphatic heterocycles. The Morgan fingerprint density at radius 3 is 2.14 bits per heavy atom. The Hall–Kier alpha value is -1.74. The number of hydrogen-bond acceptors (Lipinski definition) is 3. The second-order valence-electron chi connectivity index (χ2n) is 5.90. The number of hydrogen-bond donors (Lipinski definition) is 0. The topological polar surface area (TPSA) is 15.6 Å². The molecule has 0 saturated carbocycles. The summed E-state index contributed by atoms with van der Waals surface area (Å²) in [4.78, 5) is 7.48. The zero-order valence-corrected chi connectivity index (χ0v) is 13.4. The quantitative estimate of drug-likeness (QED) is 0.829. The van der Waals surface area contributed by atoms with Crippen molar-refractivity contribution >= 4 is 16.9 Å². The third-order valence-electron chi connectivity index (χ3n) is 4.64. The first-order valence-corrected chi connectivity index (χ1v) is 8.96. The van der Waals surface area contributed by atoms with Crippen LogP contribution in [0.15, 0.2) is 65.7 Å². The highest BCUT2D eigenvalue weighted by Gasteiger charge is 2.46. The molecule has 0 radical (unpaired) electrons. The van der Waals surface area contributed by atoms with Crippen LogP contribution in [0.2, 0.25) is 0 Å². The van der Waals surface area contributed by atoms with E-state index in [4.69, 9.17) is 4.99 Å². The SMILES string of the molecule is c1ccc(C2(c3ccccc3)CN=C3SCCCCN32)cc1. The predicted octanol–water partition coefficient (Wildman–Crippen LogP) is 4.13. The van der Waals surface area contributed by atoms with Gasteiger partial charge in [0.15, 0.2) is 5.17 Å². The van der Waals surface area contributed by atoms with E-state index in [9.17, 15) is 0 Å². The molecule has 2 heterocycles. The summed E-state index contributed by atoms with van der Waals surface area (Å²) in [5.74, 6) is 1.19.